The van der Waals surface area contributed by atoms with Gasteiger partial charge in [0.1, 0.15) is 5.69 Å². The van der Waals surface area contributed by atoms with E-state index in [1.165, 1.54) is 0 Å². The molecular weight excluding hydrogens is 389 g/mol. The average molecular weight is 406 g/mol. The lowest BCUT2D eigenvalue weighted by atomic mass is 10.3. The predicted molar refractivity (Wildman–Crippen MR) is 95.3 cm³/mol. The summed E-state index contributed by atoms with van der Waals surface area (Å²) in [6, 6.07) is 0. The molecule has 0 spiro atoms. The molecule has 1 aliphatic rings. The molecule has 0 saturated heterocycles. The summed E-state index contributed by atoms with van der Waals surface area (Å²) < 4.78 is 22.7. The monoisotopic (exact) mass is 405 g/mol. The highest BCUT2D eigenvalue weighted by molar-refractivity contribution is 7.11. The topological polar surface area (TPSA) is 65.6 Å². The normalized spacial score (nSPS) is 14.6. The number of fused-ring (bicyclic) bond motifs is 1. The molecule has 25 heavy (non-hydrogen) atoms. The van der Waals surface area contributed by atoms with Crippen molar-refractivity contribution in [3.63, 3.8) is 0 Å². The zero-order chi connectivity index (χ0) is 18.0. The maximum absolute atomic E-state index is 14.3. The van der Waals surface area contributed by atoms with Crippen molar-refractivity contribution in [1.82, 2.24) is 9.36 Å². The van der Waals surface area contributed by atoms with Crippen molar-refractivity contribution < 1.29 is 13.9 Å². The third-order valence-corrected chi connectivity index (χ3v) is 6.08. The molecule has 0 unspecified atom stereocenters. The van der Waals surface area contributed by atoms with Gasteiger partial charge in [0.05, 0.1) is 18.1 Å². The summed E-state index contributed by atoms with van der Waals surface area (Å²) in [7, 11) is 0. The standard InChI is InChI=1S/C15H17ClFN3O3S2/c1-2-7-23-10(21)8-9-11(16)12(13(17)24-9)18-14-19-5-3-4-6-20(19)15(22)25-14/h2-8H2,1H3. The van der Waals surface area contributed by atoms with E-state index in [1.807, 2.05) is 6.92 Å². The van der Waals surface area contributed by atoms with Crippen LogP contribution in [-0.4, -0.2) is 21.9 Å². The zero-order valence-electron chi connectivity index (χ0n) is 13.6. The number of aromatic nitrogens is 2. The molecule has 1 aliphatic heterocycles. The molecule has 3 heterocycles. The summed E-state index contributed by atoms with van der Waals surface area (Å²) in [6.45, 7) is 3.52. The zero-order valence-corrected chi connectivity index (χ0v) is 16.0. The number of carbonyl (C=O) groups is 1. The largest absolute Gasteiger partial charge is 0.465 e. The Morgan fingerprint density at radius 3 is 2.76 bits per heavy atom. The second kappa shape index (κ2) is 7.84. The third kappa shape index (κ3) is 3.88. The van der Waals surface area contributed by atoms with E-state index in [4.69, 9.17) is 16.3 Å². The number of rotatable bonds is 5. The van der Waals surface area contributed by atoms with Crippen molar-refractivity contribution in [2.24, 2.45) is 4.99 Å². The predicted octanol–water partition coefficient (Wildman–Crippen LogP) is 3.09. The lowest BCUT2D eigenvalue weighted by Crippen LogP contribution is -2.31. The molecule has 3 rings (SSSR count). The van der Waals surface area contributed by atoms with Gasteiger partial charge < -0.3 is 4.74 Å². The molecule has 0 fully saturated rings. The van der Waals surface area contributed by atoms with Crippen molar-refractivity contribution >= 4 is 45.9 Å². The van der Waals surface area contributed by atoms with Gasteiger partial charge in [0.15, 0.2) is 0 Å². The fourth-order valence-corrected chi connectivity index (χ4v) is 4.62. The molecule has 0 radical (unpaired) electrons. The molecule has 0 atom stereocenters. The van der Waals surface area contributed by atoms with Crippen LogP contribution in [-0.2, 0) is 29.0 Å². The highest BCUT2D eigenvalue weighted by Gasteiger charge is 2.20. The quantitative estimate of drug-likeness (QED) is 0.718. The van der Waals surface area contributed by atoms with Crippen molar-refractivity contribution in [3.8, 4) is 0 Å². The van der Waals surface area contributed by atoms with Crippen LogP contribution < -0.4 is 9.67 Å². The summed E-state index contributed by atoms with van der Waals surface area (Å²) in [6.07, 6.45) is 2.51. The Morgan fingerprint density at radius 1 is 1.32 bits per heavy atom. The number of thiophene rings is 1. The Kier molecular flexibility index (Phi) is 5.75. The Labute approximate surface area is 156 Å². The molecule has 2 aromatic heterocycles. The summed E-state index contributed by atoms with van der Waals surface area (Å²) >= 11 is 7.98. The Balaban J connectivity index is 1.94. The van der Waals surface area contributed by atoms with Gasteiger partial charge in [0.25, 0.3) is 0 Å². The molecule has 10 heteroatoms. The van der Waals surface area contributed by atoms with E-state index in [0.717, 1.165) is 41.9 Å². The first-order valence-corrected chi connectivity index (χ1v) is 10.00. The van der Waals surface area contributed by atoms with Gasteiger partial charge in [-0.3, -0.25) is 14.3 Å². The van der Waals surface area contributed by atoms with E-state index < -0.39 is 11.1 Å². The number of nitrogens with zero attached hydrogens (tertiary/aromatic N) is 3. The van der Waals surface area contributed by atoms with Crippen LogP contribution >= 0.6 is 34.3 Å². The summed E-state index contributed by atoms with van der Waals surface area (Å²) in [5.74, 6) is -0.447. The van der Waals surface area contributed by atoms with Crippen molar-refractivity contribution in [2.75, 3.05) is 6.61 Å². The summed E-state index contributed by atoms with van der Waals surface area (Å²) in [4.78, 5) is 28.7. The minimum Gasteiger partial charge on any atom is -0.465 e. The summed E-state index contributed by atoms with van der Waals surface area (Å²) in [5.41, 5.74) is -0.0207. The van der Waals surface area contributed by atoms with Gasteiger partial charge in [-0.2, -0.15) is 4.39 Å². The first-order chi connectivity index (χ1) is 12.0. The van der Waals surface area contributed by atoms with Crippen LogP contribution in [0.3, 0.4) is 0 Å². The van der Waals surface area contributed by atoms with Gasteiger partial charge in [0.2, 0.25) is 9.93 Å². The van der Waals surface area contributed by atoms with Crippen LogP contribution in [0.4, 0.5) is 10.1 Å². The first-order valence-electron chi connectivity index (χ1n) is 7.99. The minimum absolute atomic E-state index is 0.0207. The van der Waals surface area contributed by atoms with Gasteiger partial charge in [-0.1, -0.05) is 18.5 Å². The molecule has 0 aromatic carbocycles. The first kappa shape index (κ1) is 18.3. The number of esters is 1. The second-order valence-corrected chi connectivity index (χ2v) is 7.93. The number of halogens is 2. The van der Waals surface area contributed by atoms with Crippen LogP contribution in [0.2, 0.25) is 5.02 Å². The van der Waals surface area contributed by atoms with Gasteiger partial charge in [-0.15, -0.1) is 11.3 Å². The van der Waals surface area contributed by atoms with E-state index in [2.05, 4.69) is 4.99 Å². The molecule has 6 nitrogen and oxygen atoms in total. The average Bonchev–Trinajstić information content (AvgIpc) is 3.05. The van der Waals surface area contributed by atoms with E-state index >= 15 is 0 Å². The number of carbonyl (C=O) groups excluding carboxylic acids is 1. The van der Waals surface area contributed by atoms with Gasteiger partial charge in [-0.25, -0.2) is 9.67 Å². The van der Waals surface area contributed by atoms with Gasteiger partial charge in [-0.05, 0) is 30.6 Å². The van der Waals surface area contributed by atoms with Gasteiger partial charge >= 0.3 is 10.8 Å². The second-order valence-electron chi connectivity index (χ2n) is 5.57. The fourth-order valence-electron chi connectivity index (χ4n) is 2.54. The maximum atomic E-state index is 14.3. The van der Waals surface area contributed by atoms with E-state index in [1.54, 1.807) is 9.36 Å². The van der Waals surface area contributed by atoms with Crippen LogP contribution in [0.25, 0.3) is 0 Å². The Hall–Kier alpha value is -1.45. The molecule has 0 aliphatic carbocycles. The van der Waals surface area contributed by atoms with Crippen molar-refractivity contribution in [1.29, 1.82) is 0 Å². The number of hydrogen-bond donors (Lipinski definition) is 0. The van der Waals surface area contributed by atoms with Crippen molar-refractivity contribution in [3.05, 3.63) is 29.5 Å². The molecule has 2 aromatic rings. The molecule has 136 valence electrons. The van der Waals surface area contributed by atoms with Crippen LogP contribution in [0, 0.1) is 5.13 Å². The smallest absolute Gasteiger partial charge is 0.325 e. The maximum Gasteiger partial charge on any atom is 0.325 e. The molecule has 0 saturated carbocycles. The Bertz CT molecular complexity index is 912. The fraction of sp³-hybridized carbons (Fsp3) is 0.533. The van der Waals surface area contributed by atoms with Crippen LogP contribution in [0.15, 0.2) is 9.79 Å². The van der Waals surface area contributed by atoms with Crippen LogP contribution in [0.1, 0.15) is 31.1 Å². The van der Waals surface area contributed by atoms with E-state index in [-0.39, 0.29) is 22.0 Å². The molecule has 0 bridgehead atoms. The number of ether oxygens (including phenoxy) is 1. The minimum atomic E-state index is -0.570. The van der Waals surface area contributed by atoms with E-state index in [0.29, 0.717) is 29.4 Å². The SMILES string of the molecule is CCCOC(=O)Cc1sc(F)c(N=c2sc(=O)n3n2CCCC3)c1Cl. The highest BCUT2D eigenvalue weighted by Crippen LogP contribution is 2.38. The highest BCUT2D eigenvalue weighted by atomic mass is 35.5. The lowest BCUT2D eigenvalue weighted by molar-refractivity contribution is -0.142. The van der Waals surface area contributed by atoms with Gasteiger partial charge in [0, 0.05) is 18.0 Å². The van der Waals surface area contributed by atoms with E-state index in [9.17, 15) is 14.0 Å². The summed E-state index contributed by atoms with van der Waals surface area (Å²) in [5, 5.41) is -0.466. The molecule has 0 amide bonds. The van der Waals surface area contributed by atoms with Crippen molar-refractivity contribution in [2.45, 2.75) is 45.7 Å². The Morgan fingerprint density at radius 2 is 2.04 bits per heavy atom. The molecule has 0 N–H and O–H groups in total. The lowest BCUT2D eigenvalue weighted by Gasteiger charge is -2.15. The number of hydrogen-bond acceptors (Lipinski definition) is 6. The third-order valence-electron chi connectivity index (χ3n) is 3.72. The molecular formula is C15H17ClFN3O3S2. The van der Waals surface area contributed by atoms with Crippen LogP contribution in [0.5, 0.6) is 0 Å².